The van der Waals surface area contributed by atoms with E-state index in [4.69, 9.17) is 14.2 Å². The van der Waals surface area contributed by atoms with Gasteiger partial charge in [-0.2, -0.15) is 0 Å². The van der Waals surface area contributed by atoms with Gasteiger partial charge in [-0.1, -0.05) is 20.8 Å². The van der Waals surface area contributed by atoms with E-state index in [0.717, 1.165) is 11.1 Å². The molecular weight excluding hydrogens is 408 g/mol. The molecule has 1 unspecified atom stereocenters. The fraction of sp³-hybridized carbons (Fsp3) is 0.440. The summed E-state index contributed by atoms with van der Waals surface area (Å²) in [4.78, 5) is 27.1. The zero-order valence-electron chi connectivity index (χ0n) is 19.7. The Hall–Kier alpha value is -3.22. The summed E-state index contributed by atoms with van der Waals surface area (Å²) in [6, 6.07) is 11.0. The van der Waals surface area contributed by atoms with Crippen molar-refractivity contribution in [3.63, 3.8) is 0 Å². The highest BCUT2D eigenvalue weighted by Gasteiger charge is 2.29. The van der Waals surface area contributed by atoms with E-state index in [9.17, 15) is 9.59 Å². The molecular formula is C25H32N2O5. The first-order chi connectivity index (χ1) is 15.1. The Morgan fingerprint density at radius 3 is 2.56 bits per heavy atom. The van der Waals surface area contributed by atoms with Crippen LogP contribution in [0.3, 0.4) is 0 Å². The van der Waals surface area contributed by atoms with Gasteiger partial charge < -0.3 is 24.4 Å². The van der Waals surface area contributed by atoms with Crippen molar-refractivity contribution in [2.45, 2.75) is 53.3 Å². The Morgan fingerprint density at radius 2 is 1.91 bits per heavy atom. The number of benzene rings is 2. The van der Waals surface area contributed by atoms with Crippen molar-refractivity contribution in [1.29, 1.82) is 0 Å². The molecule has 0 aromatic heterocycles. The van der Waals surface area contributed by atoms with E-state index >= 15 is 0 Å². The molecule has 0 bridgehead atoms. The van der Waals surface area contributed by atoms with Crippen LogP contribution in [0.5, 0.6) is 17.2 Å². The first kappa shape index (κ1) is 23.4. The van der Waals surface area contributed by atoms with Crippen LogP contribution in [0.1, 0.15) is 45.2 Å². The second-order valence-corrected chi connectivity index (χ2v) is 9.24. The molecule has 32 heavy (non-hydrogen) atoms. The predicted octanol–water partition coefficient (Wildman–Crippen LogP) is 4.39. The second kappa shape index (κ2) is 9.51. The summed E-state index contributed by atoms with van der Waals surface area (Å²) in [6.07, 6.45) is -0.207. The second-order valence-electron chi connectivity index (χ2n) is 9.24. The van der Waals surface area contributed by atoms with E-state index < -0.39 is 6.10 Å². The Kier molecular flexibility index (Phi) is 6.96. The van der Waals surface area contributed by atoms with Crippen LogP contribution in [0.4, 0.5) is 5.69 Å². The molecule has 0 saturated heterocycles. The molecule has 1 N–H and O–H groups in total. The largest absolute Gasteiger partial charge is 0.497 e. The number of carbonyl (C=O) groups excluding carboxylic acids is 2. The van der Waals surface area contributed by atoms with Crippen LogP contribution in [-0.2, 0) is 22.7 Å². The minimum Gasteiger partial charge on any atom is -0.497 e. The highest BCUT2D eigenvalue weighted by atomic mass is 16.5. The molecule has 3 rings (SSSR count). The van der Waals surface area contributed by atoms with Crippen LogP contribution < -0.4 is 19.5 Å². The number of hydrogen-bond donors (Lipinski definition) is 1. The lowest BCUT2D eigenvalue weighted by molar-refractivity contribution is -0.138. The molecule has 0 saturated carbocycles. The Balaban J connectivity index is 1.84. The summed E-state index contributed by atoms with van der Waals surface area (Å²) < 4.78 is 16.7. The van der Waals surface area contributed by atoms with Crippen LogP contribution >= 0.6 is 0 Å². The molecule has 1 aliphatic rings. The summed E-state index contributed by atoms with van der Waals surface area (Å²) in [6.45, 7) is 8.53. The summed E-state index contributed by atoms with van der Waals surface area (Å²) >= 11 is 0. The number of rotatable bonds is 6. The lowest BCUT2D eigenvalue weighted by Gasteiger charge is -2.23. The van der Waals surface area contributed by atoms with Gasteiger partial charge in [0.05, 0.1) is 14.2 Å². The molecule has 7 nitrogen and oxygen atoms in total. The van der Waals surface area contributed by atoms with Crippen LogP contribution in [0.25, 0.3) is 0 Å². The van der Waals surface area contributed by atoms with Crippen molar-refractivity contribution < 1.29 is 23.8 Å². The van der Waals surface area contributed by atoms with Crippen LogP contribution in [-0.4, -0.2) is 37.0 Å². The van der Waals surface area contributed by atoms with Crippen molar-refractivity contribution in [3.05, 3.63) is 47.5 Å². The minimum atomic E-state index is -0.623. The zero-order valence-corrected chi connectivity index (χ0v) is 19.7. The fourth-order valence-electron chi connectivity index (χ4n) is 3.69. The van der Waals surface area contributed by atoms with Gasteiger partial charge in [0.1, 0.15) is 17.2 Å². The highest BCUT2D eigenvalue weighted by Crippen LogP contribution is 2.32. The Labute approximate surface area is 189 Å². The maximum atomic E-state index is 13.0. The average molecular weight is 441 g/mol. The molecule has 1 heterocycles. The van der Waals surface area contributed by atoms with Crippen molar-refractivity contribution in [1.82, 2.24) is 4.90 Å². The molecule has 0 fully saturated rings. The first-order valence-electron chi connectivity index (χ1n) is 10.7. The highest BCUT2D eigenvalue weighted by molar-refractivity contribution is 5.91. The van der Waals surface area contributed by atoms with E-state index in [-0.39, 0.29) is 17.2 Å². The van der Waals surface area contributed by atoms with Gasteiger partial charge in [-0.25, -0.2) is 0 Å². The third kappa shape index (κ3) is 5.72. The smallest absolute Gasteiger partial charge is 0.263 e. The summed E-state index contributed by atoms with van der Waals surface area (Å²) in [5.41, 5.74) is 2.29. The van der Waals surface area contributed by atoms with E-state index in [1.165, 1.54) is 0 Å². The number of anilines is 1. The molecule has 2 amide bonds. The van der Waals surface area contributed by atoms with Crippen molar-refractivity contribution in [2.24, 2.45) is 5.41 Å². The van der Waals surface area contributed by atoms with Gasteiger partial charge in [0.2, 0.25) is 5.91 Å². The minimum absolute atomic E-state index is 0.0451. The number of nitrogens with zero attached hydrogens (tertiary/aromatic N) is 1. The van der Waals surface area contributed by atoms with Crippen molar-refractivity contribution >= 4 is 17.5 Å². The number of amides is 2. The molecule has 172 valence electrons. The quantitative estimate of drug-likeness (QED) is 0.721. The van der Waals surface area contributed by atoms with E-state index in [1.807, 2.05) is 45.0 Å². The molecule has 7 heteroatoms. The number of ether oxygens (including phenoxy) is 3. The Morgan fingerprint density at radius 1 is 1.16 bits per heavy atom. The zero-order chi connectivity index (χ0) is 23.5. The van der Waals surface area contributed by atoms with Gasteiger partial charge in [0, 0.05) is 42.4 Å². The maximum Gasteiger partial charge on any atom is 0.263 e. The van der Waals surface area contributed by atoms with Gasteiger partial charge in [-0.3, -0.25) is 9.59 Å². The molecule has 2 aromatic carbocycles. The molecule has 1 atom stereocenters. The lowest BCUT2D eigenvalue weighted by atomic mass is 9.92. The third-order valence-electron chi connectivity index (χ3n) is 5.21. The van der Waals surface area contributed by atoms with E-state index in [1.54, 1.807) is 38.2 Å². The van der Waals surface area contributed by atoms with Crippen molar-refractivity contribution in [3.8, 4) is 17.2 Å². The van der Waals surface area contributed by atoms with Gasteiger partial charge in [0.25, 0.3) is 5.91 Å². The first-order valence-corrected chi connectivity index (χ1v) is 10.7. The standard InChI is InChI=1S/C25H32N2O5/c1-16-24(29)27(14-17-7-9-20(30-5)12-22(17)31-6)15-18-11-19(8-10-21(18)32-16)26-23(28)13-25(2,3)4/h7-12,16H,13-15H2,1-6H3,(H,26,28). The number of methoxy groups -OCH3 is 2. The SMILES string of the molecule is COc1ccc(CN2Cc3cc(NC(=O)CC(C)(C)C)ccc3OC(C)C2=O)c(OC)c1. The van der Waals surface area contributed by atoms with Crippen LogP contribution in [0.15, 0.2) is 36.4 Å². The monoisotopic (exact) mass is 440 g/mol. The van der Waals surface area contributed by atoms with E-state index in [0.29, 0.717) is 42.4 Å². The number of carbonyl (C=O) groups is 2. The molecule has 0 spiro atoms. The molecule has 0 radical (unpaired) electrons. The molecule has 1 aliphatic heterocycles. The number of nitrogens with one attached hydrogen (secondary N) is 1. The summed E-state index contributed by atoms with van der Waals surface area (Å²) in [5.74, 6) is 1.82. The van der Waals surface area contributed by atoms with Gasteiger partial charge >= 0.3 is 0 Å². The third-order valence-corrected chi connectivity index (χ3v) is 5.21. The van der Waals surface area contributed by atoms with Gasteiger partial charge in [-0.05, 0) is 42.7 Å². The predicted molar refractivity (Wildman–Crippen MR) is 123 cm³/mol. The topological polar surface area (TPSA) is 77.1 Å². The molecule has 2 aromatic rings. The fourth-order valence-corrected chi connectivity index (χ4v) is 3.69. The van der Waals surface area contributed by atoms with Crippen molar-refractivity contribution in [2.75, 3.05) is 19.5 Å². The summed E-state index contributed by atoms with van der Waals surface area (Å²) in [5, 5.41) is 2.96. The lowest BCUT2D eigenvalue weighted by Crippen LogP contribution is -2.37. The van der Waals surface area contributed by atoms with E-state index in [2.05, 4.69) is 5.32 Å². The van der Waals surface area contributed by atoms with Crippen LogP contribution in [0, 0.1) is 5.41 Å². The normalized spacial score (nSPS) is 16.0. The molecule has 0 aliphatic carbocycles. The average Bonchev–Trinajstić information content (AvgIpc) is 2.83. The Bertz CT molecular complexity index is 996. The maximum absolute atomic E-state index is 13.0. The number of hydrogen-bond acceptors (Lipinski definition) is 5. The number of fused-ring (bicyclic) bond motifs is 1. The van der Waals surface area contributed by atoms with Gasteiger partial charge in [-0.15, -0.1) is 0 Å². The van der Waals surface area contributed by atoms with Crippen LogP contribution in [0.2, 0.25) is 0 Å². The summed E-state index contributed by atoms with van der Waals surface area (Å²) in [7, 11) is 3.19. The van der Waals surface area contributed by atoms with Gasteiger partial charge in [0.15, 0.2) is 6.10 Å².